The predicted molar refractivity (Wildman–Crippen MR) is 93.8 cm³/mol. The van der Waals surface area contributed by atoms with E-state index >= 15 is 0 Å². The first kappa shape index (κ1) is 14.9. The molecule has 0 saturated carbocycles. The maximum atomic E-state index is 12.9. The van der Waals surface area contributed by atoms with Crippen molar-refractivity contribution in [3.05, 3.63) is 53.6 Å². The summed E-state index contributed by atoms with van der Waals surface area (Å²) in [5, 5.41) is 4.22. The molecule has 0 bridgehead atoms. The van der Waals surface area contributed by atoms with E-state index in [1.54, 1.807) is 18.1 Å². The summed E-state index contributed by atoms with van der Waals surface area (Å²) in [4.78, 5) is 23.6. The van der Waals surface area contributed by atoms with Crippen molar-refractivity contribution in [1.82, 2.24) is 29.0 Å². The summed E-state index contributed by atoms with van der Waals surface area (Å²) in [6.45, 7) is 1.10. The van der Waals surface area contributed by atoms with Gasteiger partial charge in [0.2, 0.25) is 5.78 Å². The first-order valence-corrected chi connectivity index (χ1v) is 8.26. The van der Waals surface area contributed by atoms with Crippen molar-refractivity contribution in [2.24, 2.45) is 7.05 Å². The topological polar surface area (TPSA) is 77.6 Å². The fourth-order valence-corrected chi connectivity index (χ4v) is 3.42. The van der Waals surface area contributed by atoms with Crippen molar-refractivity contribution >= 4 is 22.7 Å². The van der Waals surface area contributed by atoms with Crippen LogP contribution >= 0.6 is 0 Å². The molecule has 5 rings (SSSR count). The number of carbonyl (C=O) groups excluding carboxylic acids is 1. The molecule has 1 amide bonds. The van der Waals surface area contributed by atoms with Crippen molar-refractivity contribution in [3.8, 4) is 5.75 Å². The maximum Gasteiger partial charge on any atom is 0.273 e. The SMILES string of the molecule is COc1ccc2c(c1)nc1nc(C(=O)N3Cc4cnn(C)c4C3)ccn12. The van der Waals surface area contributed by atoms with Gasteiger partial charge in [0.15, 0.2) is 0 Å². The molecule has 0 N–H and O–H groups in total. The van der Waals surface area contributed by atoms with Crippen LogP contribution in [0.4, 0.5) is 0 Å². The molecule has 1 aliphatic heterocycles. The number of amides is 1. The normalized spacial score (nSPS) is 13.5. The minimum atomic E-state index is -0.103. The van der Waals surface area contributed by atoms with Gasteiger partial charge in [0.25, 0.3) is 5.91 Å². The fraction of sp³-hybridized carbons (Fsp3) is 0.222. The van der Waals surface area contributed by atoms with Crippen LogP contribution in [0.25, 0.3) is 16.8 Å². The molecule has 130 valence electrons. The Hall–Kier alpha value is -3.42. The van der Waals surface area contributed by atoms with E-state index in [2.05, 4.69) is 15.1 Å². The highest BCUT2D eigenvalue weighted by Gasteiger charge is 2.28. The standard InChI is InChI=1S/C18H16N6O2/c1-22-16-10-23(9-11(16)8-19-22)17(25)13-5-6-24-15-4-3-12(26-2)7-14(15)21-18(24)20-13/h3-8H,9-10H2,1-2H3. The third-order valence-corrected chi connectivity index (χ3v) is 4.84. The zero-order chi connectivity index (χ0) is 17.8. The largest absolute Gasteiger partial charge is 0.497 e. The lowest BCUT2D eigenvalue weighted by atomic mass is 10.3. The number of ether oxygens (including phenoxy) is 1. The van der Waals surface area contributed by atoms with Crippen LogP contribution in [-0.2, 0) is 20.1 Å². The van der Waals surface area contributed by atoms with E-state index in [0.29, 0.717) is 24.6 Å². The van der Waals surface area contributed by atoms with E-state index in [0.717, 1.165) is 28.0 Å². The summed E-state index contributed by atoms with van der Waals surface area (Å²) in [7, 11) is 3.51. The number of methoxy groups -OCH3 is 1. The van der Waals surface area contributed by atoms with Crippen molar-refractivity contribution < 1.29 is 9.53 Å². The van der Waals surface area contributed by atoms with E-state index in [4.69, 9.17) is 4.74 Å². The van der Waals surface area contributed by atoms with Crippen LogP contribution in [0.5, 0.6) is 5.75 Å². The summed E-state index contributed by atoms with van der Waals surface area (Å²) >= 11 is 0. The highest BCUT2D eigenvalue weighted by atomic mass is 16.5. The van der Waals surface area contributed by atoms with Crippen LogP contribution in [-0.4, -0.2) is 42.1 Å². The molecule has 0 spiro atoms. The number of benzene rings is 1. The zero-order valence-corrected chi connectivity index (χ0v) is 14.4. The number of imidazole rings is 1. The molecule has 1 aliphatic rings. The lowest BCUT2D eigenvalue weighted by Gasteiger charge is -2.15. The first-order chi connectivity index (χ1) is 12.6. The van der Waals surface area contributed by atoms with Gasteiger partial charge in [-0.1, -0.05) is 0 Å². The Bertz CT molecular complexity index is 1180. The fourth-order valence-electron chi connectivity index (χ4n) is 3.42. The van der Waals surface area contributed by atoms with Crippen LogP contribution in [0, 0.1) is 0 Å². The van der Waals surface area contributed by atoms with Crippen molar-refractivity contribution in [1.29, 1.82) is 0 Å². The van der Waals surface area contributed by atoms with Gasteiger partial charge in [0, 0.05) is 31.4 Å². The zero-order valence-electron chi connectivity index (χ0n) is 14.4. The van der Waals surface area contributed by atoms with Gasteiger partial charge in [0.05, 0.1) is 36.6 Å². The summed E-state index contributed by atoms with van der Waals surface area (Å²) in [5.74, 6) is 1.13. The molecule has 3 aromatic heterocycles. The average molecular weight is 348 g/mol. The second kappa shape index (κ2) is 5.29. The van der Waals surface area contributed by atoms with E-state index in [9.17, 15) is 4.79 Å². The molecule has 0 atom stereocenters. The Morgan fingerprint density at radius 1 is 1.19 bits per heavy atom. The third kappa shape index (κ3) is 2.08. The highest BCUT2D eigenvalue weighted by molar-refractivity contribution is 5.93. The van der Waals surface area contributed by atoms with Gasteiger partial charge < -0.3 is 9.64 Å². The Labute approximate surface area is 148 Å². The number of hydrogen-bond acceptors (Lipinski definition) is 5. The third-order valence-electron chi connectivity index (χ3n) is 4.84. The minimum Gasteiger partial charge on any atom is -0.497 e. The molecule has 26 heavy (non-hydrogen) atoms. The van der Waals surface area contributed by atoms with Crippen molar-refractivity contribution in [3.63, 3.8) is 0 Å². The molecule has 0 saturated heterocycles. The molecule has 0 radical (unpaired) electrons. The summed E-state index contributed by atoms with van der Waals surface area (Å²) in [6, 6.07) is 7.41. The Morgan fingerprint density at radius 3 is 2.88 bits per heavy atom. The molecule has 0 aliphatic carbocycles. The molecule has 4 aromatic rings. The van der Waals surface area contributed by atoms with Gasteiger partial charge in [-0.2, -0.15) is 5.10 Å². The summed E-state index contributed by atoms with van der Waals surface area (Å²) < 4.78 is 8.93. The van der Waals surface area contributed by atoms with E-state index in [-0.39, 0.29) is 5.91 Å². The number of aromatic nitrogens is 5. The van der Waals surface area contributed by atoms with Crippen LogP contribution < -0.4 is 4.74 Å². The van der Waals surface area contributed by atoms with Crippen molar-refractivity contribution in [2.45, 2.75) is 13.1 Å². The predicted octanol–water partition coefficient (Wildman–Crippen LogP) is 1.78. The quantitative estimate of drug-likeness (QED) is 0.552. The maximum absolute atomic E-state index is 12.9. The molecule has 4 heterocycles. The lowest BCUT2D eigenvalue weighted by Crippen LogP contribution is -2.27. The average Bonchev–Trinajstić information content (AvgIpc) is 3.33. The molecular weight excluding hydrogens is 332 g/mol. The van der Waals surface area contributed by atoms with Gasteiger partial charge in [-0.3, -0.25) is 13.9 Å². The van der Waals surface area contributed by atoms with Crippen LogP contribution in [0.2, 0.25) is 0 Å². The van der Waals surface area contributed by atoms with E-state index < -0.39 is 0 Å². The first-order valence-electron chi connectivity index (χ1n) is 8.26. The molecule has 8 heteroatoms. The van der Waals surface area contributed by atoms with Crippen molar-refractivity contribution in [2.75, 3.05) is 7.11 Å². The molecular formula is C18H16N6O2. The number of aryl methyl sites for hydroxylation is 1. The monoisotopic (exact) mass is 348 g/mol. The second-order valence-corrected chi connectivity index (χ2v) is 6.35. The van der Waals surface area contributed by atoms with Gasteiger partial charge in [-0.05, 0) is 18.2 Å². The summed E-state index contributed by atoms with van der Waals surface area (Å²) in [5.41, 5.74) is 4.24. The van der Waals surface area contributed by atoms with Gasteiger partial charge in [0.1, 0.15) is 11.4 Å². The molecule has 0 fully saturated rings. The van der Waals surface area contributed by atoms with Crippen LogP contribution in [0.3, 0.4) is 0 Å². The second-order valence-electron chi connectivity index (χ2n) is 6.35. The molecule has 1 aromatic carbocycles. The van der Waals surface area contributed by atoms with Gasteiger partial charge in [-0.25, -0.2) is 9.97 Å². The number of carbonyl (C=O) groups is 1. The Kier molecular flexibility index (Phi) is 3.03. The van der Waals surface area contributed by atoms with E-state index in [1.807, 2.05) is 46.7 Å². The number of hydrogen-bond donors (Lipinski definition) is 0. The Morgan fingerprint density at radius 2 is 2.08 bits per heavy atom. The van der Waals surface area contributed by atoms with Gasteiger partial charge in [-0.15, -0.1) is 0 Å². The van der Waals surface area contributed by atoms with Crippen LogP contribution in [0.1, 0.15) is 21.7 Å². The van der Waals surface area contributed by atoms with Gasteiger partial charge >= 0.3 is 0 Å². The molecule has 0 unspecified atom stereocenters. The summed E-state index contributed by atoms with van der Waals surface area (Å²) in [6.07, 6.45) is 3.65. The lowest BCUT2D eigenvalue weighted by molar-refractivity contribution is 0.0742. The number of fused-ring (bicyclic) bond motifs is 4. The van der Waals surface area contributed by atoms with Crippen LogP contribution in [0.15, 0.2) is 36.7 Å². The smallest absolute Gasteiger partial charge is 0.273 e. The Balaban J connectivity index is 1.51. The minimum absolute atomic E-state index is 0.103. The van der Waals surface area contributed by atoms with E-state index in [1.165, 1.54) is 0 Å². The highest BCUT2D eigenvalue weighted by Crippen LogP contribution is 2.24. The number of nitrogens with zero attached hydrogens (tertiary/aromatic N) is 6. The molecule has 8 nitrogen and oxygen atoms in total. The number of rotatable bonds is 2.